The second-order valence-corrected chi connectivity index (χ2v) is 4.22. The van der Waals surface area contributed by atoms with E-state index in [9.17, 15) is 0 Å². The van der Waals surface area contributed by atoms with Crippen molar-refractivity contribution in [3.8, 4) is 5.88 Å². The molecule has 0 saturated carbocycles. The van der Waals surface area contributed by atoms with Crippen molar-refractivity contribution in [3.05, 3.63) is 46.6 Å². The molecule has 0 unspecified atom stereocenters. The van der Waals surface area contributed by atoms with Crippen LogP contribution in [0.5, 0.6) is 5.88 Å². The number of halogens is 1. The summed E-state index contributed by atoms with van der Waals surface area (Å²) in [7, 11) is 0. The van der Waals surface area contributed by atoms with Crippen molar-refractivity contribution in [3.63, 3.8) is 0 Å². The van der Waals surface area contributed by atoms with E-state index in [1.54, 1.807) is 12.3 Å². The molecule has 0 saturated heterocycles. The number of rotatable bonds is 3. The van der Waals surface area contributed by atoms with Gasteiger partial charge < -0.3 is 4.74 Å². The van der Waals surface area contributed by atoms with Crippen LogP contribution in [-0.2, 0) is 6.61 Å². The lowest BCUT2D eigenvalue weighted by Crippen LogP contribution is -1.99. The summed E-state index contributed by atoms with van der Waals surface area (Å²) in [5.74, 6) is 0.536. The van der Waals surface area contributed by atoms with Crippen LogP contribution in [0.1, 0.15) is 25.0 Å². The Morgan fingerprint density at radius 3 is 2.61 bits per heavy atom. The van der Waals surface area contributed by atoms with Gasteiger partial charge in [-0.25, -0.2) is 4.09 Å². The minimum Gasteiger partial charge on any atom is -0.472 e. The fraction of sp³-hybridized carbons (Fsp3) is 0.308. The van der Waals surface area contributed by atoms with Crippen molar-refractivity contribution in [2.45, 2.75) is 27.4 Å². The monoisotopic (exact) mass is 284 g/mol. The molecule has 1 aromatic carbocycles. The SMILES string of the molecule is CC.Cc1cccc(Cl)c1COc1ccn(S)n1. The molecular weight excluding hydrogens is 268 g/mol. The molecule has 1 aromatic heterocycles. The van der Waals surface area contributed by atoms with Crippen LogP contribution < -0.4 is 4.74 Å². The van der Waals surface area contributed by atoms with Crippen molar-refractivity contribution in [1.29, 1.82) is 0 Å². The topological polar surface area (TPSA) is 27.1 Å². The Bertz CT molecular complexity index is 479. The number of thiol groups is 1. The average molecular weight is 285 g/mol. The van der Waals surface area contributed by atoms with E-state index in [-0.39, 0.29) is 0 Å². The van der Waals surface area contributed by atoms with E-state index in [0.29, 0.717) is 17.5 Å². The molecule has 0 spiro atoms. The summed E-state index contributed by atoms with van der Waals surface area (Å²) >= 11 is 10.1. The number of benzene rings is 1. The lowest BCUT2D eigenvalue weighted by Gasteiger charge is -2.08. The van der Waals surface area contributed by atoms with Crippen molar-refractivity contribution in [1.82, 2.24) is 9.19 Å². The summed E-state index contributed by atoms with van der Waals surface area (Å²) in [6, 6.07) is 7.52. The number of aromatic nitrogens is 2. The van der Waals surface area contributed by atoms with Gasteiger partial charge >= 0.3 is 0 Å². The molecule has 2 aromatic rings. The van der Waals surface area contributed by atoms with Gasteiger partial charge in [0.05, 0.1) is 0 Å². The van der Waals surface area contributed by atoms with Crippen LogP contribution in [0.15, 0.2) is 30.5 Å². The van der Waals surface area contributed by atoms with E-state index in [0.717, 1.165) is 11.1 Å². The van der Waals surface area contributed by atoms with Gasteiger partial charge in [0.2, 0.25) is 5.88 Å². The minimum absolute atomic E-state index is 0.413. The van der Waals surface area contributed by atoms with Gasteiger partial charge in [0, 0.05) is 22.8 Å². The Kier molecular flexibility index (Phi) is 6.09. The van der Waals surface area contributed by atoms with E-state index in [2.05, 4.69) is 17.9 Å². The number of aryl methyl sites for hydroxylation is 1. The minimum atomic E-state index is 0.413. The average Bonchev–Trinajstić information content (AvgIpc) is 2.77. The van der Waals surface area contributed by atoms with Gasteiger partial charge in [0.25, 0.3) is 0 Å². The lowest BCUT2D eigenvalue weighted by atomic mass is 10.1. The molecule has 0 radical (unpaired) electrons. The van der Waals surface area contributed by atoms with Gasteiger partial charge in [0.15, 0.2) is 0 Å². The van der Waals surface area contributed by atoms with Crippen molar-refractivity contribution < 1.29 is 4.74 Å². The molecule has 0 bridgehead atoms. The van der Waals surface area contributed by atoms with E-state index < -0.39 is 0 Å². The first-order valence-electron chi connectivity index (χ1n) is 5.78. The Labute approximate surface area is 118 Å². The van der Waals surface area contributed by atoms with Gasteiger partial charge in [-0.1, -0.05) is 37.6 Å². The molecule has 0 aliphatic carbocycles. The summed E-state index contributed by atoms with van der Waals surface area (Å²) in [4.78, 5) is 0. The number of nitrogens with zero attached hydrogens (tertiary/aromatic N) is 2. The van der Waals surface area contributed by atoms with E-state index in [1.165, 1.54) is 4.09 Å². The molecule has 0 N–H and O–H groups in total. The Morgan fingerprint density at radius 2 is 2.06 bits per heavy atom. The first-order valence-corrected chi connectivity index (χ1v) is 6.56. The standard InChI is InChI=1S/C11H11ClN2OS.C2H6/c1-8-3-2-4-10(12)9(8)7-15-11-5-6-14(16)13-11;1-2/h2-6,16H,7H2,1H3;1-2H3. The highest BCUT2D eigenvalue weighted by Crippen LogP contribution is 2.21. The highest BCUT2D eigenvalue weighted by molar-refractivity contribution is 7.78. The van der Waals surface area contributed by atoms with E-state index in [4.69, 9.17) is 16.3 Å². The molecule has 0 fully saturated rings. The fourth-order valence-corrected chi connectivity index (χ4v) is 1.80. The fourth-order valence-electron chi connectivity index (χ4n) is 1.37. The summed E-state index contributed by atoms with van der Waals surface area (Å²) < 4.78 is 6.91. The molecule has 3 nitrogen and oxygen atoms in total. The second-order valence-electron chi connectivity index (χ2n) is 3.40. The zero-order valence-electron chi connectivity index (χ0n) is 10.7. The molecule has 5 heteroatoms. The predicted octanol–water partition coefficient (Wildman–Crippen LogP) is 4.14. The smallest absolute Gasteiger partial charge is 0.234 e. The maximum atomic E-state index is 6.08. The maximum Gasteiger partial charge on any atom is 0.234 e. The number of hydrogen-bond acceptors (Lipinski definition) is 3. The third-order valence-electron chi connectivity index (χ3n) is 2.27. The lowest BCUT2D eigenvalue weighted by molar-refractivity contribution is 0.292. The third kappa shape index (κ3) is 3.96. The zero-order chi connectivity index (χ0) is 13.5. The number of ether oxygens (including phenoxy) is 1. The first-order chi connectivity index (χ1) is 8.66. The molecule has 0 amide bonds. The van der Waals surface area contributed by atoms with Crippen LogP contribution >= 0.6 is 24.4 Å². The van der Waals surface area contributed by atoms with Crippen molar-refractivity contribution >= 4 is 24.4 Å². The molecule has 2 rings (SSSR count). The van der Waals surface area contributed by atoms with Crippen LogP contribution in [-0.4, -0.2) is 9.19 Å². The van der Waals surface area contributed by atoms with Gasteiger partial charge in [-0.2, -0.15) is 0 Å². The first kappa shape index (κ1) is 14.9. The highest BCUT2D eigenvalue weighted by Gasteiger charge is 2.05. The second kappa shape index (κ2) is 7.34. The molecule has 98 valence electrons. The van der Waals surface area contributed by atoms with Crippen molar-refractivity contribution in [2.75, 3.05) is 0 Å². The summed E-state index contributed by atoms with van der Waals surface area (Å²) in [5, 5.41) is 4.71. The van der Waals surface area contributed by atoms with Crippen molar-refractivity contribution in [2.24, 2.45) is 0 Å². The quantitative estimate of drug-likeness (QED) is 0.858. The molecule has 1 heterocycles. The van der Waals surface area contributed by atoms with Crippen LogP contribution in [0, 0.1) is 6.92 Å². The van der Waals surface area contributed by atoms with Crippen LogP contribution in [0.4, 0.5) is 0 Å². The largest absolute Gasteiger partial charge is 0.472 e. The molecular formula is C13H17ClN2OS. The van der Waals surface area contributed by atoms with Crippen LogP contribution in [0.2, 0.25) is 5.02 Å². The summed E-state index contributed by atoms with van der Waals surface area (Å²) in [5.41, 5.74) is 2.09. The maximum absolute atomic E-state index is 6.08. The summed E-state index contributed by atoms with van der Waals surface area (Å²) in [6.07, 6.45) is 1.71. The predicted molar refractivity (Wildman–Crippen MR) is 78.5 cm³/mol. The van der Waals surface area contributed by atoms with Gasteiger partial charge in [0.1, 0.15) is 6.61 Å². The Balaban J connectivity index is 0.000000771. The normalized spacial score (nSPS) is 9.61. The van der Waals surface area contributed by atoms with E-state index >= 15 is 0 Å². The number of hydrogen-bond donors (Lipinski definition) is 1. The van der Waals surface area contributed by atoms with Gasteiger partial charge in [-0.3, -0.25) is 0 Å². The Morgan fingerprint density at radius 1 is 1.33 bits per heavy atom. The molecule has 0 atom stereocenters. The molecule has 18 heavy (non-hydrogen) atoms. The van der Waals surface area contributed by atoms with Gasteiger partial charge in [-0.15, -0.1) is 5.10 Å². The highest BCUT2D eigenvalue weighted by atomic mass is 35.5. The molecule has 0 aliphatic heterocycles. The van der Waals surface area contributed by atoms with Crippen LogP contribution in [0.3, 0.4) is 0 Å². The Hall–Kier alpha value is -1.13. The third-order valence-corrected chi connectivity index (χ3v) is 2.85. The summed E-state index contributed by atoms with van der Waals surface area (Å²) in [6.45, 7) is 6.41. The van der Waals surface area contributed by atoms with Crippen LogP contribution in [0.25, 0.3) is 0 Å². The van der Waals surface area contributed by atoms with Gasteiger partial charge in [-0.05, 0) is 31.4 Å². The van der Waals surface area contributed by atoms with E-state index in [1.807, 2.05) is 39.0 Å². The molecule has 0 aliphatic rings. The zero-order valence-corrected chi connectivity index (χ0v) is 12.4.